The van der Waals surface area contributed by atoms with Gasteiger partial charge in [-0.3, -0.25) is 0 Å². The molecule has 3 heteroatoms. The average Bonchev–Trinajstić information content (AvgIpc) is 1.89. The molecule has 0 spiro atoms. The summed E-state index contributed by atoms with van der Waals surface area (Å²) in [4.78, 5) is 0. The van der Waals surface area contributed by atoms with E-state index in [-0.39, 0.29) is 5.60 Å². The summed E-state index contributed by atoms with van der Waals surface area (Å²) in [6.07, 6.45) is 2.98. The van der Waals surface area contributed by atoms with Gasteiger partial charge in [0.15, 0.2) is 0 Å². The Morgan fingerprint density at radius 2 is 2.30 bits per heavy atom. The predicted molar refractivity (Wildman–Crippen MR) is 40.5 cm³/mol. The van der Waals surface area contributed by atoms with E-state index < -0.39 is 0 Å². The number of oxime groups is 1. The summed E-state index contributed by atoms with van der Waals surface area (Å²) < 4.78 is 5.19. The van der Waals surface area contributed by atoms with Gasteiger partial charge >= 0.3 is 0 Å². The summed E-state index contributed by atoms with van der Waals surface area (Å²) in [7, 11) is 0. The first-order chi connectivity index (χ1) is 4.62. The zero-order valence-corrected chi connectivity index (χ0v) is 6.37. The van der Waals surface area contributed by atoms with Crippen LogP contribution in [0.3, 0.4) is 0 Å². The van der Waals surface area contributed by atoms with E-state index in [2.05, 4.69) is 11.7 Å². The van der Waals surface area contributed by atoms with E-state index in [9.17, 15) is 0 Å². The van der Waals surface area contributed by atoms with Gasteiger partial charge in [0, 0.05) is 0 Å². The van der Waals surface area contributed by atoms with E-state index >= 15 is 0 Å². The molecule has 0 fully saturated rings. The Balaban J connectivity index is 3.56. The van der Waals surface area contributed by atoms with Gasteiger partial charge in [-0.25, -0.2) is 0 Å². The fourth-order valence-electron chi connectivity index (χ4n) is 0.344. The molecule has 58 valence electrons. The maximum Gasteiger partial charge on any atom is 0.0863 e. The minimum absolute atomic E-state index is 0.301. The molecule has 0 unspecified atom stereocenters. The molecule has 0 saturated carbocycles. The second-order valence-electron chi connectivity index (χ2n) is 2.42. The molecule has 0 aliphatic heterocycles. The molecule has 3 nitrogen and oxygen atoms in total. The largest absolute Gasteiger partial charge is 0.411 e. The molecule has 0 radical (unpaired) electrons. The highest BCUT2D eigenvalue weighted by atomic mass is 16.5. The Bertz CT molecular complexity index is 130. The average molecular weight is 143 g/mol. The molecule has 0 aromatic rings. The standard InChI is InChI=1S/C7H13NO2/c1-4-7(2,3)10-6-5-8-9/h4-5,9H,1,6H2,2-3H3. The van der Waals surface area contributed by atoms with E-state index in [1.54, 1.807) is 6.08 Å². The fourth-order valence-corrected chi connectivity index (χ4v) is 0.344. The van der Waals surface area contributed by atoms with Crippen molar-refractivity contribution in [3.8, 4) is 0 Å². The van der Waals surface area contributed by atoms with Crippen molar-refractivity contribution in [2.75, 3.05) is 6.61 Å². The molecule has 0 aromatic carbocycles. The molecule has 1 N–H and O–H groups in total. The van der Waals surface area contributed by atoms with Crippen LogP contribution in [-0.4, -0.2) is 23.6 Å². The summed E-state index contributed by atoms with van der Waals surface area (Å²) in [5, 5.41) is 10.8. The van der Waals surface area contributed by atoms with Crippen LogP contribution in [-0.2, 0) is 4.74 Å². The van der Waals surface area contributed by atoms with Crippen LogP contribution in [0.25, 0.3) is 0 Å². The number of rotatable bonds is 4. The van der Waals surface area contributed by atoms with E-state index in [0.717, 1.165) is 0 Å². The van der Waals surface area contributed by atoms with Crippen molar-refractivity contribution in [1.29, 1.82) is 0 Å². The van der Waals surface area contributed by atoms with Crippen LogP contribution in [0.4, 0.5) is 0 Å². The van der Waals surface area contributed by atoms with Crippen molar-refractivity contribution in [2.24, 2.45) is 5.16 Å². The highest BCUT2D eigenvalue weighted by Crippen LogP contribution is 2.07. The number of hydrogen-bond donors (Lipinski definition) is 1. The second kappa shape index (κ2) is 4.06. The Labute approximate surface area is 61.0 Å². The maximum atomic E-state index is 8.00. The van der Waals surface area contributed by atoms with Crippen LogP contribution in [0.5, 0.6) is 0 Å². The lowest BCUT2D eigenvalue weighted by atomic mass is 10.1. The van der Waals surface area contributed by atoms with Crippen LogP contribution >= 0.6 is 0 Å². The first-order valence-electron chi connectivity index (χ1n) is 3.06. The van der Waals surface area contributed by atoms with Gasteiger partial charge in [-0.05, 0) is 13.8 Å². The Morgan fingerprint density at radius 3 is 2.70 bits per heavy atom. The second-order valence-corrected chi connectivity index (χ2v) is 2.42. The lowest BCUT2D eigenvalue weighted by molar-refractivity contribution is 0.0469. The molecule has 0 atom stereocenters. The third kappa shape index (κ3) is 4.09. The zero-order chi connectivity index (χ0) is 8.04. The first-order valence-corrected chi connectivity index (χ1v) is 3.06. The Hall–Kier alpha value is -0.830. The summed E-state index contributed by atoms with van der Waals surface area (Å²) in [6.45, 7) is 7.64. The van der Waals surface area contributed by atoms with Crippen LogP contribution in [0.1, 0.15) is 13.8 Å². The normalized spacial score (nSPS) is 12.2. The van der Waals surface area contributed by atoms with Crippen molar-refractivity contribution in [1.82, 2.24) is 0 Å². The van der Waals surface area contributed by atoms with Crippen molar-refractivity contribution in [3.63, 3.8) is 0 Å². The molecule has 0 rings (SSSR count). The number of ether oxygens (including phenoxy) is 1. The summed E-state index contributed by atoms with van der Waals surface area (Å²) in [5.74, 6) is 0. The summed E-state index contributed by atoms with van der Waals surface area (Å²) in [5.41, 5.74) is -0.346. The van der Waals surface area contributed by atoms with Gasteiger partial charge in [-0.2, -0.15) is 0 Å². The molecule has 0 amide bonds. The zero-order valence-electron chi connectivity index (χ0n) is 6.37. The highest BCUT2D eigenvalue weighted by molar-refractivity contribution is 5.57. The molecule has 0 aliphatic carbocycles. The molecular formula is C7H13NO2. The monoisotopic (exact) mass is 143 g/mol. The minimum Gasteiger partial charge on any atom is -0.411 e. The van der Waals surface area contributed by atoms with Gasteiger partial charge in [-0.1, -0.05) is 11.2 Å². The van der Waals surface area contributed by atoms with Crippen molar-refractivity contribution >= 4 is 6.21 Å². The molecule has 0 saturated heterocycles. The van der Waals surface area contributed by atoms with Crippen LogP contribution in [0.2, 0.25) is 0 Å². The van der Waals surface area contributed by atoms with E-state index in [4.69, 9.17) is 9.94 Å². The van der Waals surface area contributed by atoms with Crippen LogP contribution < -0.4 is 0 Å². The smallest absolute Gasteiger partial charge is 0.0863 e. The minimum atomic E-state index is -0.346. The molecule has 0 bridgehead atoms. The van der Waals surface area contributed by atoms with E-state index in [0.29, 0.717) is 6.61 Å². The van der Waals surface area contributed by atoms with Crippen molar-refractivity contribution in [2.45, 2.75) is 19.4 Å². The topological polar surface area (TPSA) is 41.8 Å². The maximum absolute atomic E-state index is 8.00. The van der Waals surface area contributed by atoms with E-state index in [1.165, 1.54) is 6.21 Å². The van der Waals surface area contributed by atoms with Gasteiger partial charge in [-0.15, -0.1) is 6.58 Å². The molecule has 0 aliphatic rings. The summed E-state index contributed by atoms with van der Waals surface area (Å²) in [6, 6.07) is 0. The first kappa shape index (κ1) is 9.17. The van der Waals surface area contributed by atoms with Crippen molar-refractivity contribution < 1.29 is 9.94 Å². The summed E-state index contributed by atoms with van der Waals surface area (Å²) >= 11 is 0. The SMILES string of the molecule is C=CC(C)(C)OCC=NO. The highest BCUT2D eigenvalue weighted by Gasteiger charge is 2.10. The number of nitrogens with zero attached hydrogens (tertiary/aromatic N) is 1. The van der Waals surface area contributed by atoms with Crippen molar-refractivity contribution in [3.05, 3.63) is 12.7 Å². The van der Waals surface area contributed by atoms with Crippen LogP contribution in [0.15, 0.2) is 17.8 Å². The van der Waals surface area contributed by atoms with Gasteiger partial charge in [0.25, 0.3) is 0 Å². The van der Waals surface area contributed by atoms with Gasteiger partial charge < -0.3 is 9.94 Å². The molecule has 10 heavy (non-hydrogen) atoms. The lowest BCUT2D eigenvalue weighted by Crippen LogP contribution is -2.21. The van der Waals surface area contributed by atoms with Gasteiger partial charge in [0.1, 0.15) is 0 Å². The third-order valence-electron chi connectivity index (χ3n) is 1.10. The fraction of sp³-hybridized carbons (Fsp3) is 0.571. The lowest BCUT2D eigenvalue weighted by Gasteiger charge is -2.18. The molecular weight excluding hydrogens is 130 g/mol. The van der Waals surface area contributed by atoms with Gasteiger partial charge in [0.2, 0.25) is 0 Å². The third-order valence-corrected chi connectivity index (χ3v) is 1.10. The van der Waals surface area contributed by atoms with Gasteiger partial charge in [0.05, 0.1) is 18.4 Å². The Kier molecular flexibility index (Phi) is 3.72. The quantitative estimate of drug-likeness (QED) is 0.280. The molecule has 0 aromatic heterocycles. The van der Waals surface area contributed by atoms with Crippen LogP contribution in [0, 0.1) is 0 Å². The number of hydrogen-bond acceptors (Lipinski definition) is 3. The predicted octanol–water partition coefficient (Wildman–Crippen LogP) is 1.43. The Morgan fingerprint density at radius 1 is 1.70 bits per heavy atom. The van der Waals surface area contributed by atoms with E-state index in [1.807, 2.05) is 13.8 Å². The molecule has 0 heterocycles.